The molecule has 0 atom stereocenters. The van der Waals surface area contributed by atoms with Gasteiger partial charge < -0.3 is 9.67 Å². The van der Waals surface area contributed by atoms with E-state index < -0.39 is 0 Å². The molecule has 21 heavy (non-hydrogen) atoms. The Morgan fingerprint density at radius 1 is 1.24 bits per heavy atom. The number of aromatic nitrogens is 4. The number of imidazole rings is 1. The van der Waals surface area contributed by atoms with Crippen molar-refractivity contribution >= 4 is 11.8 Å². The molecule has 0 saturated carbocycles. The van der Waals surface area contributed by atoms with Crippen LogP contribution in [0.15, 0.2) is 54.1 Å². The SMILES string of the molecule is Cn1c(CO)cnc1SCc1ccc(-n2cccn2)cc1. The first kappa shape index (κ1) is 13.9. The first-order chi connectivity index (χ1) is 10.3. The van der Waals surface area contributed by atoms with Gasteiger partial charge in [-0.2, -0.15) is 5.10 Å². The Morgan fingerprint density at radius 2 is 2.05 bits per heavy atom. The van der Waals surface area contributed by atoms with Gasteiger partial charge in [-0.05, 0) is 23.8 Å². The third kappa shape index (κ3) is 3.01. The summed E-state index contributed by atoms with van der Waals surface area (Å²) in [6.07, 6.45) is 5.40. The Bertz CT molecular complexity index is 704. The molecular weight excluding hydrogens is 284 g/mol. The lowest BCUT2D eigenvalue weighted by Crippen LogP contribution is -1.97. The number of aliphatic hydroxyl groups is 1. The van der Waals surface area contributed by atoms with Crippen molar-refractivity contribution < 1.29 is 5.11 Å². The average molecular weight is 300 g/mol. The van der Waals surface area contributed by atoms with Gasteiger partial charge in [0.25, 0.3) is 0 Å². The van der Waals surface area contributed by atoms with Gasteiger partial charge in [0.05, 0.1) is 24.2 Å². The van der Waals surface area contributed by atoms with Crippen LogP contribution in [0.3, 0.4) is 0 Å². The van der Waals surface area contributed by atoms with Gasteiger partial charge in [0.1, 0.15) is 0 Å². The maximum absolute atomic E-state index is 9.16. The van der Waals surface area contributed by atoms with Gasteiger partial charge in [-0.1, -0.05) is 23.9 Å². The van der Waals surface area contributed by atoms with Crippen molar-refractivity contribution in [3.63, 3.8) is 0 Å². The Morgan fingerprint density at radius 3 is 2.67 bits per heavy atom. The molecule has 2 aromatic heterocycles. The molecule has 0 aliphatic rings. The number of thioether (sulfide) groups is 1. The van der Waals surface area contributed by atoms with E-state index in [0.29, 0.717) is 0 Å². The molecule has 3 rings (SSSR count). The summed E-state index contributed by atoms with van der Waals surface area (Å²) >= 11 is 1.66. The van der Waals surface area contributed by atoms with Crippen LogP contribution in [0.2, 0.25) is 0 Å². The van der Waals surface area contributed by atoms with Crippen LogP contribution >= 0.6 is 11.8 Å². The highest BCUT2D eigenvalue weighted by Gasteiger charge is 2.06. The first-order valence-corrected chi connectivity index (χ1v) is 7.59. The van der Waals surface area contributed by atoms with E-state index in [1.165, 1.54) is 5.56 Å². The molecule has 0 amide bonds. The van der Waals surface area contributed by atoms with E-state index in [0.717, 1.165) is 22.3 Å². The quantitative estimate of drug-likeness (QED) is 0.735. The molecule has 0 bridgehead atoms. The van der Waals surface area contributed by atoms with Crippen molar-refractivity contribution in [2.45, 2.75) is 17.5 Å². The molecule has 2 heterocycles. The smallest absolute Gasteiger partial charge is 0.168 e. The molecule has 6 heteroatoms. The van der Waals surface area contributed by atoms with Crippen molar-refractivity contribution in [2.75, 3.05) is 0 Å². The molecule has 0 aliphatic heterocycles. The van der Waals surface area contributed by atoms with Crippen LogP contribution in [0.4, 0.5) is 0 Å². The van der Waals surface area contributed by atoms with E-state index in [-0.39, 0.29) is 6.61 Å². The van der Waals surface area contributed by atoms with Gasteiger partial charge >= 0.3 is 0 Å². The summed E-state index contributed by atoms with van der Waals surface area (Å²) in [5.74, 6) is 0.842. The van der Waals surface area contributed by atoms with Crippen LogP contribution in [0.25, 0.3) is 5.69 Å². The molecule has 108 valence electrons. The maximum Gasteiger partial charge on any atom is 0.168 e. The van der Waals surface area contributed by atoms with E-state index in [2.05, 4.69) is 34.3 Å². The average Bonchev–Trinajstić information content (AvgIpc) is 3.16. The van der Waals surface area contributed by atoms with Crippen LogP contribution in [0, 0.1) is 0 Å². The molecule has 0 saturated heterocycles. The van der Waals surface area contributed by atoms with E-state index in [1.54, 1.807) is 24.2 Å². The minimum atomic E-state index is 0.0165. The van der Waals surface area contributed by atoms with Crippen molar-refractivity contribution in [2.24, 2.45) is 7.05 Å². The van der Waals surface area contributed by atoms with E-state index in [1.807, 2.05) is 28.6 Å². The van der Waals surface area contributed by atoms with Gasteiger partial charge in [-0.3, -0.25) is 0 Å². The zero-order valence-electron chi connectivity index (χ0n) is 11.7. The van der Waals surface area contributed by atoms with Crippen molar-refractivity contribution in [1.82, 2.24) is 19.3 Å². The van der Waals surface area contributed by atoms with Crippen LogP contribution in [-0.2, 0) is 19.4 Å². The van der Waals surface area contributed by atoms with Gasteiger partial charge in [0.15, 0.2) is 5.16 Å². The second-order valence-electron chi connectivity index (χ2n) is 4.65. The zero-order chi connectivity index (χ0) is 14.7. The molecule has 0 fully saturated rings. The predicted molar refractivity (Wildman–Crippen MR) is 82.3 cm³/mol. The molecule has 1 N–H and O–H groups in total. The predicted octanol–water partition coefficient (Wildman–Crippen LogP) is 2.39. The monoisotopic (exact) mass is 300 g/mol. The lowest BCUT2D eigenvalue weighted by molar-refractivity contribution is 0.271. The molecule has 5 nitrogen and oxygen atoms in total. The summed E-state index contributed by atoms with van der Waals surface area (Å²) in [4.78, 5) is 4.31. The van der Waals surface area contributed by atoms with E-state index in [9.17, 15) is 0 Å². The van der Waals surface area contributed by atoms with Gasteiger partial charge in [-0.25, -0.2) is 9.67 Å². The summed E-state index contributed by atoms with van der Waals surface area (Å²) in [6.45, 7) is 0.0165. The summed E-state index contributed by atoms with van der Waals surface area (Å²) in [7, 11) is 1.92. The number of rotatable bonds is 5. The minimum absolute atomic E-state index is 0.0165. The third-order valence-electron chi connectivity index (χ3n) is 3.28. The Kier molecular flexibility index (Phi) is 4.08. The van der Waals surface area contributed by atoms with Crippen LogP contribution in [-0.4, -0.2) is 24.4 Å². The first-order valence-electron chi connectivity index (χ1n) is 6.61. The molecule has 1 aromatic carbocycles. The molecule has 0 unspecified atom stereocenters. The number of benzene rings is 1. The zero-order valence-corrected chi connectivity index (χ0v) is 12.5. The highest BCUT2D eigenvalue weighted by atomic mass is 32.2. The largest absolute Gasteiger partial charge is 0.390 e. The molecule has 0 radical (unpaired) electrons. The number of nitrogens with zero attached hydrogens (tertiary/aromatic N) is 4. The Labute approximate surface area is 127 Å². The van der Waals surface area contributed by atoms with Crippen LogP contribution in [0.5, 0.6) is 0 Å². The minimum Gasteiger partial charge on any atom is -0.390 e. The molecular formula is C15H16N4OS. The standard InChI is InChI=1S/C15H16N4OS/c1-18-14(10-20)9-16-15(18)21-11-12-3-5-13(6-4-12)19-8-2-7-17-19/h2-9,20H,10-11H2,1H3. The summed E-state index contributed by atoms with van der Waals surface area (Å²) in [5.41, 5.74) is 3.10. The topological polar surface area (TPSA) is 55.9 Å². The highest BCUT2D eigenvalue weighted by molar-refractivity contribution is 7.98. The summed E-state index contributed by atoms with van der Waals surface area (Å²) in [6, 6.07) is 10.2. The fourth-order valence-corrected chi connectivity index (χ4v) is 2.95. The summed E-state index contributed by atoms with van der Waals surface area (Å²) in [5, 5.41) is 14.3. The Balaban J connectivity index is 1.67. The second kappa shape index (κ2) is 6.15. The molecule has 3 aromatic rings. The van der Waals surface area contributed by atoms with Crippen LogP contribution in [0.1, 0.15) is 11.3 Å². The summed E-state index contributed by atoms with van der Waals surface area (Å²) < 4.78 is 3.76. The van der Waals surface area contributed by atoms with Gasteiger partial charge in [0.2, 0.25) is 0 Å². The van der Waals surface area contributed by atoms with Gasteiger partial charge in [-0.15, -0.1) is 0 Å². The van der Waals surface area contributed by atoms with Gasteiger partial charge in [0, 0.05) is 25.2 Å². The highest BCUT2D eigenvalue weighted by Crippen LogP contribution is 2.22. The maximum atomic E-state index is 9.16. The van der Waals surface area contributed by atoms with Crippen LogP contribution < -0.4 is 0 Å². The molecule has 0 aliphatic carbocycles. The Hall–Kier alpha value is -2.05. The fraction of sp³-hybridized carbons (Fsp3) is 0.200. The lowest BCUT2D eigenvalue weighted by atomic mass is 10.2. The number of hydrogen-bond donors (Lipinski definition) is 1. The fourth-order valence-electron chi connectivity index (χ4n) is 2.02. The van der Waals surface area contributed by atoms with Crippen molar-refractivity contribution in [3.05, 3.63) is 60.2 Å². The van der Waals surface area contributed by atoms with E-state index in [4.69, 9.17) is 5.11 Å². The van der Waals surface area contributed by atoms with E-state index >= 15 is 0 Å². The number of aliphatic hydroxyl groups excluding tert-OH is 1. The molecule has 0 spiro atoms. The second-order valence-corrected chi connectivity index (χ2v) is 5.60. The van der Waals surface area contributed by atoms with Crippen molar-refractivity contribution in [3.8, 4) is 5.69 Å². The third-order valence-corrected chi connectivity index (χ3v) is 4.39. The number of hydrogen-bond acceptors (Lipinski definition) is 4. The normalized spacial score (nSPS) is 11.0. The lowest BCUT2D eigenvalue weighted by Gasteiger charge is -2.05. The van der Waals surface area contributed by atoms with Crippen molar-refractivity contribution in [1.29, 1.82) is 0 Å².